The fourth-order valence-electron chi connectivity index (χ4n) is 2.49. The van der Waals surface area contributed by atoms with E-state index in [0.717, 1.165) is 5.75 Å². The second-order valence-corrected chi connectivity index (χ2v) is 24.3. The molecule has 65 heavy (non-hydrogen) atoms. The van der Waals surface area contributed by atoms with Gasteiger partial charge in [-0.1, -0.05) is 108 Å². The summed E-state index contributed by atoms with van der Waals surface area (Å²) in [5.74, 6) is -0.884. The van der Waals surface area contributed by atoms with Gasteiger partial charge in [0.25, 0.3) is 0 Å². The quantitative estimate of drug-likeness (QED) is 0.0165. The fraction of sp³-hybridized carbons (Fsp3) is 0.714. The Hall–Kier alpha value is -1.80. The minimum atomic E-state index is -0.818. The van der Waals surface area contributed by atoms with Crippen molar-refractivity contribution >= 4 is 168 Å². The number of aliphatic carboxylic acids is 8. The van der Waals surface area contributed by atoms with Gasteiger partial charge in [0.05, 0.1) is 71.0 Å². The highest BCUT2D eigenvalue weighted by atomic mass is 33.1. The lowest BCUT2D eigenvalue weighted by molar-refractivity contribution is -0.143. The van der Waals surface area contributed by atoms with Crippen LogP contribution in [0.1, 0.15) is 84.5 Å². The van der Waals surface area contributed by atoms with Gasteiger partial charge in [-0.15, -0.1) is 0 Å². The number of rotatable bonds is 38. The number of esters is 2. The Morgan fingerprint density at radius 2 is 0.446 bits per heavy atom. The first-order valence-electron chi connectivity index (χ1n) is 19.0. The predicted molar refractivity (Wildman–Crippen MR) is 270 cm³/mol. The zero-order valence-corrected chi connectivity index (χ0v) is 44.0. The van der Waals surface area contributed by atoms with Crippen molar-refractivity contribution in [2.75, 3.05) is 70.7 Å². The van der Waals surface area contributed by atoms with Gasteiger partial charge in [-0.25, -0.2) is 0 Å². The zero-order chi connectivity index (χ0) is 50.5. The van der Waals surface area contributed by atoms with Gasteiger partial charge in [-0.2, -0.15) is 0 Å². The molecule has 0 unspecified atom stereocenters. The van der Waals surface area contributed by atoms with Gasteiger partial charge >= 0.3 is 59.7 Å². The third-order valence-corrected chi connectivity index (χ3v) is 17.3. The number of carboxylic acid groups (broad SMARTS) is 8. The second kappa shape index (κ2) is 58.3. The number of carbonyl (C=O) groups excluding carboxylic acids is 2. The summed E-state index contributed by atoms with van der Waals surface area (Å²) in [5.41, 5.74) is 0. The molecule has 0 saturated heterocycles. The van der Waals surface area contributed by atoms with E-state index < -0.39 is 47.8 Å². The molecule has 0 amide bonds. The van der Waals surface area contributed by atoms with Gasteiger partial charge < -0.3 is 50.3 Å². The van der Waals surface area contributed by atoms with Crippen LogP contribution in [-0.4, -0.2) is 171 Å². The summed E-state index contributed by atoms with van der Waals surface area (Å²) in [7, 11) is 14.5. The van der Waals surface area contributed by atoms with E-state index in [1.165, 1.54) is 108 Å². The maximum atomic E-state index is 10.8. The minimum Gasteiger partial charge on any atom is -0.481 e. The Kier molecular flexibility index (Phi) is 64.8. The van der Waals surface area contributed by atoms with Crippen LogP contribution in [0.15, 0.2) is 0 Å². The number of hydrogen-bond acceptors (Lipinski definition) is 22. The molecule has 30 heteroatoms. The van der Waals surface area contributed by atoms with Gasteiger partial charge in [-0.3, -0.25) is 47.9 Å². The Bertz CT molecular complexity index is 1170. The van der Waals surface area contributed by atoms with Gasteiger partial charge in [-0.05, 0) is 20.3 Å². The van der Waals surface area contributed by atoms with Gasteiger partial charge in [0.2, 0.25) is 0 Å². The lowest BCUT2D eigenvalue weighted by Crippen LogP contribution is -2.04. The molecule has 0 bridgehead atoms. The van der Waals surface area contributed by atoms with E-state index in [9.17, 15) is 47.9 Å². The van der Waals surface area contributed by atoms with Crippen LogP contribution in [0.2, 0.25) is 0 Å². The van der Waals surface area contributed by atoms with Crippen LogP contribution in [0.5, 0.6) is 0 Å². The Morgan fingerprint density at radius 3 is 0.615 bits per heavy atom. The van der Waals surface area contributed by atoms with E-state index >= 15 is 0 Å². The third kappa shape index (κ3) is 89.4. The van der Waals surface area contributed by atoms with Crippen molar-refractivity contribution in [1.29, 1.82) is 0 Å². The molecule has 0 aromatic heterocycles. The molecule has 0 radical (unpaired) electrons. The molecule has 0 aliphatic rings. The van der Waals surface area contributed by atoms with Crippen LogP contribution >= 0.6 is 108 Å². The van der Waals surface area contributed by atoms with Crippen molar-refractivity contribution in [1.82, 2.24) is 0 Å². The van der Waals surface area contributed by atoms with Crippen molar-refractivity contribution in [2.24, 2.45) is 0 Å². The van der Waals surface area contributed by atoms with E-state index in [2.05, 4.69) is 0 Å². The van der Waals surface area contributed by atoms with Crippen LogP contribution in [0, 0.1) is 0 Å². The largest absolute Gasteiger partial charge is 0.481 e. The topological polar surface area (TPSA) is 351 Å². The first-order valence-corrected chi connectivity index (χ1v) is 31.4. The highest BCUT2D eigenvalue weighted by Gasteiger charge is 2.05. The number of carboxylic acids is 8. The van der Waals surface area contributed by atoms with Crippen molar-refractivity contribution in [3.63, 3.8) is 0 Å². The average molecular weight is 1120 g/mol. The summed E-state index contributed by atoms with van der Waals surface area (Å²) in [6.45, 7) is 4.37. The van der Waals surface area contributed by atoms with Crippen molar-refractivity contribution < 1.29 is 98.3 Å². The van der Waals surface area contributed by atoms with Crippen LogP contribution in [0.4, 0.5) is 0 Å². The van der Waals surface area contributed by atoms with E-state index in [4.69, 9.17) is 50.3 Å². The van der Waals surface area contributed by atoms with Crippen LogP contribution in [-0.2, 0) is 57.4 Å². The molecule has 0 spiro atoms. The first-order chi connectivity index (χ1) is 30.7. The number of hydrogen-bond donors (Lipinski definition) is 8. The van der Waals surface area contributed by atoms with Crippen LogP contribution < -0.4 is 0 Å². The standard InChI is InChI=1S/2C8H14O4S2.C7H12O4S2.2C6H10O4S2/c2*1-2-12-8(11)4-6-14-13-5-3-7(9)10;8-6(9)2-1-4-12-13-5-3-7(10)11;2*7-5(8)1-3-11-12-4-2-6(9)10/h2*2-6H2,1H3,(H,9,10);1-5H2,(H,8,9)(H,10,11);2*1-4H2,(H,7,8)(H,9,10). The van der Waals surface area contributed by atoms with Gasteiger partial charge in [0.15, 0.2) is 0 Å². The molecule has 20 nitrogen and oxygen atoms in total. The maximum Gasteiger partial charge on any atom is 0.306 e. The van der Waals surface area contributed by atoms with Crippen molar-refractivity contribution in [3.05, 3.63) is 0 Å². The SMILES string of the molecule is CCOC(=O)CCSSCCC(=O)O.CCOC(=O)CCSSCCC(=O)O.O=C(O)CCCSSCCC(=O)O.O=C(O)CCSSCCC(=O)O.O=C(O)CCSSCCC(=O)O. The average Bonchev–Trinajstić information content (AvgIpc) is 3.20. The third-order valence-electron chi connectivity index (χ3n) is 5.22. The molecule has 0 heterocycles. The predicted octanol–water partition coefficient (Wildman–Crippen LogP) is 7.93. The molecule has 0 rings (SSSR count). The monoisotopic (exact) mass is 1120 g/mol. The lowest BCUT2D eigenvalue weighted by atomic mass is 10.3. The summed E-state index contributed by atoms with van der Waals surface area (Å²) in [6.07, 6.45) is 2.61. The summed E-state index contributed by atoms with van der Waals surface area (Å²) in [6, 6.07) is 0. The molecular weight excluding hydrogens is 1060 g/mol. The molecule has 0 aliphatic carbocycles. The molecule has 8 N–H and O–H groups in total. The summed E-state index contributed by atoms with van der Waals surface area (Å²) in [5, 5.41) is 66.2. The highest BCUT2D eigenvalue weighted by Crippen LogP contribution is 2.25. The fourth-order valence-corrected chi connectivity index (χ4v) is 12.4. The van der Waals surface area contributed by atoms with Crippen LogP contribution in [0.25, 0.3) is 0 Å². The molecule has 0 aliphatic heterocycles. The molecule has 0 saturated carbocycles. The number of carbonyl (C=O) groups is 10. The minimum absolute atomic E-state index is 0.130. The summed E-state index contributed by atoms with van der Waals surface area (Å²) >= 11 is 0. The first kappa shape index (κ1) is 72.2. The van der Waals surface area contributed by atoms with Crippen molar-refractivity contribution in [2.45, 2.75) is 84.5 Å². The molecule has 0 aromatic rings. The second-order valence-electron chi connectivity index (χ2n) is 10.8. The zero-order valence-electron chi connectivity index (χ0n) is 35.8. The molecule has 0 atom stereocenters. The summed E-state index contributed by atoms with van der Waals surface area (Å²) < 4.78 is 9.46. The summed E-state index contributed by atoms with van der Waals surface area (Å²) in [4.78, 5) is 102. The highest BCUT2D eigenvalue weighted by molar-refractivity contribution is 8.77. The van der Waals surface area contributed by atoms with Gasteiger partial charge in [0.1, 0.15) is 0 Å². The van der Waals surface area contributed by atoms with Crippen molar-refractivity contribution in [3.8, 4) is 0 Å². The van der Waals surface area contributed by atoms with E-state index in [-0.39, 0.29) is 63.3 Å². The molecular formula is C35H60O20S10. The maximum absolute atomic E-state index is 10.8. The van der Waals surface area contributed by atoms with E-state index in [0.29, 0.717) is 84.3 Å². The molecule has 0 aromatic carbocycles. The Labute approximate surface area is 418 Å². The normalized spacial score (nSPS) is 9.75. The van der Waals surface area contributed by atoms with Gasteiger partial charge in [0, 0.05) is 63.9 Å². The molecule has 380 valence electrons. The smallest absolute Gasteiger partial charge is 0.306 e. The van der Waals surface area contributed by atoms with E-state index in [1.807, 2.05) is 0 Å². The van der Waals surface area contributed by atoms with E-state index in [1.54, 1.807) is 13.8 Å². The Morgan fingerprint density at radius 1 is 0.277 bits per heavy atom. The van der Waals surface area contributed by atoms with Crippen LogP contribution in [0.3, 0.4) is 0 Å². The lowest BCUT2D eigenvalue weighted by Gasteiger charge is -2.00. The number of ether oxygens (including phenoxy) is 2. The Balaban J connectivity index is -0.000000231. The molecule has 0 fully saturated rings.